The number of aliphatic carboxylic acids is 1. The summed E-state index contributed by atoms with van der Waals surface area (Å²) >= 11 is 0. The third-order valence-corrected chi connectivity index (χ3v) is 4.66. The second-order valence-electron chi connectivity index (χ2n) is 6.94. The van der Waals surface area contributed by atoms with E-state index in [1.54, 1.807) is 36.4 Å². The molecule has 2 amide bonds. The number of alkyl halides is 3. The molecular formula is C21H19F3N2O6. The summed E-state index contributed by atoms with van der Waals surface area (Å²) in [4.78, 5) is 36.7. The van der Waals surface area contributed by atoms with Gasteiger partial charge >= 0.3 is 12.3 Å². The number of benzene rings is 2. The minimum atomic E-state index is -4.95. The number of amides is 2. The molecule has 0 aromatic heterocycles. The fourth-order valence-electron chi connectivity index (χ4n) is 3.24. The summed E-state index contributed by atoms with van der Waals surface area (Å²) in [5.74, 6) is -1.80. The predicted molar refractivity (Wildman–Crippen MR) is 104 cm³/mol. The number of carboxylic acid groups (broad SMARTS) is 1. The molecule has 1 fully saturated rings. The second-order valence-corrected chi connectivity index (χ2v) is 6.94. The first kappa shape index (κ1) is 23.1. The molecule has 2 N–H and O–H groups in total. The van der Waals surface area contributed by atoms with E-state index in [0.29, 0.717) is 11.5 Å². The van der Waals surface area contributed by atoms with Crippen LogP contribution in [0.1, 0.15) is 16.8 Å². The highest BCUT2D eigenvalue weighted by Gasteiger charge is 2.44. The maximum absolute atomic E-state index is 12.4. The van der Waals surface area contributed by atoms with Crippen LogP contribution in [0.15, 0.2) is 54.6 Å². The first-order valence-electron chi connectivity index (χ1n) is 9.50. The smallest absolute Gasteiger partial charge is 0.480 e. The van der Waals surface area contributed by atoms with Gasteiger partial charge in [0.25, 0.3) is 5.91 Å². The lowest BCUT2D eigenvalue weighted by Crippen LogP contribution is -2.45. The Morgan fingerprint density at radius 3 is 2.25 bits per heavy atom. The fraction of sp³-hybridized carbons (Fsp3) is 0.286. The van der Waals surface area contributed by atoms with Crippen molar-refractivity contribution in [3.05, 3.63) is 60.2 Å². The van der Waals surface area contributed by atoms with Crippen molar-refractivity contribution in [2.45, 2.75) is 24.9 Å². The number of carboxylic acids is 1. The van der Waals surface area contributed by atoms with Gasteiger partial charge in [-0.2, -0.15) is 0 Å². The van der Waals surface area contributed by atoms with E-state index in [1.807, 2.05) is 6.07 Å². The largest absolute Gasteiger partial charge is 0.522 e. The minimum Gasteiger partial charge on any atom is -0.480 e. The molecule has 1 heterocycles. The van der Waals surface area contributed by atoms with Gasteiger partial charge in [-0.15, -0.1) is 13.2 Å². The predicted octanol–water partition coefficient (Wildman–Crippen LogP) is 2.80. The number of para-hydroxylation sites is 1. The Balaban J connectivity index is 1.55. The van der Waals surface area contributed by atoms with Crippen LogP contribution in [0.2, 0.25) is 0 Å². The van der Waals surface area contributed by atoms with Crippen molar-refractivity contribution >= 4 is 17.8 Å². The average molecular weight is 452 g/mol. The van der Waals surface area contributed by atoms with E-state index in [0.717, 1.165) is 4.90 Å². The Kier molecular flexibility index (Phi) is 6.98. The average Bonchev–Trinajstić information content (AvgIpc) is 3.15. The zero-order chi connectivity index (χ0) is 23.3. The number of rotatable bonds is 7. The molecule has 11 heteroatoms. The molecular weight excluding hydrogens is 433 g/mol. The Labute approximate surface area is 180 Å². The standard InChI is InChI=1S/C21H19F3N2O6/c22-21(23,24)32-16-10-17(20(29)30)26(12-16)18(27)11-25-19(28)13-6-8-15(9-7-13)31-14-4-2-1-3-5-14/h1-9,16-17H,10-12H2,(H,25,28)(H,29,30)/t16?,17-/m1/s1. The van der Waals surface area contributed by atoms with E-state index in [1.165, 1.54) is 12.1 Å². The van der Waals surface area contributed by atoms with E-state index < -0.39 is 55.8 Å². The van der Waals surface area contributed by atoms with Crippen molar-refractivity contribution in [2.24, 2.45) is 0 Å². The summed E-state index contributed by atoms with van der Waals surface area (Å²) in [6.07, 6.45) is -6.94. The molecule has 32 heavy (non-hydrogen) atoms. The van der Waals surface area contributed by atoms with Crippen molar-refractivity contribution in [1.29, 1.82) is 0 Å². The van der Waals surface area contributed by atoms with Gasteiger partial charge in [-0.3, -0.25) is 14.3 Å². The van der Waals surface area contributed by atoms with Crippen LogP contribution in [0.25, 0.3) is 0 Å². The molecule has 1 saturated heterocycles. The summed E-state index contributed by atoms with van der Waals surface area (Å²) in [6, 6.07) is 13.6. The van der Waals surface area contributed by atoms with Gasteiger partial charge < -0.3 is 20.1 Å². The molecule has 1 aliphatic heterocycles. The van der Waals surface area contributed by atoms with E-state index >= 15 is 0 Å². The van der Waals surface area contributed by atoms with Gasteiger partial charge in [-0.05, 0) is 36.4 Å². The molecule has 0 aliphatic carbocycles. The number of carbonyl (C=O) groups is 3. The number of carbonyl (C=O) groups excluding carboxylic acids is 2. The Morgan fingerprint density at radius 1 is 1.03 bits per heavy atom. The van der Waals surface area contributed by atoms with E-state index in [2.05, 4.69) is 10.1 Å². The topological polar surface area (TPSA) is 105 Å². The van der Waals surface area contributed by atoms with Crippen molar-refractivity contribution in [3.8, 4) is 11.5 Å². The molecule has 1 aliphatic rings. The zero-order valence-corrected chi connectivity index (χ0v) is 16.5. The molecule has 2 aromatic rings. The molecule has 3 rings (SSSR count). The number of hydrogen-bond acceptors (Lipinski definition) is 5. The van der Waals surface area contributed by atoms with Gasteiger partial charge in [0.2, 0.25) is 5.91 Å². The highest BCUT2D eigenvalue weighted by Crippen LogP contribution is 2.27. The third kappa shape index (κ3) is 6.20. The summed E-state index contributed by atoms with van der Waals surface area (Å²) in [5, 5.41) is 11.5. The maximum Gasteiger partial charge on any atom is 0.522 e. The Bertz CT molecular complexity index is 966. The van der Waals surface area contributed by atoms with Crippen LogP contribution in [-0.2, 0) is 14.3 Å². The number of ether oxygens (including phenoxy) is 2. The molecule has 1 unspecified atom stereocenters. The summed E-state index contributed by atoms with van der Waals surface area (Å²) < 4.78 is 46.7. The normalized spacial score (nSPS) is 18.3. The highest BCUT2D eigenvalue weighted by molar-refractivity contribution is 5.97. The van der Waals surface area contributed by atoms with Gasteiger partial charge in [0.15, 0.2) is 0 Å². The van der Waals surface area contributed by atoms with Crippen LogP contribution in [-0.4, -0.2) is 59.4 Å². The quantitative estimate of drug-likeness (QED) is 0.670. The molecule has 0 spiro atoms. The zero-order valence-electron chi connectivity index (χ0n) is 16.5. The molecule has 2 atom stereocenters. The molecule has 8 nitrogen and oxygen atoms in total. The summed E-state index contributed by atoms with van der Waals surface area (Å²) in [6.45, 7) is -1.12. The lowest BCUT2D eigenvalue weighted by atomic mass is 10.2. The Morgan fingerprint density at radius 2 is 1.66 bits per heavy atom. The first-order valence-corrected chi connectivity index (χ1v) is 9.50. The van der Waals surface area contributed by atoms with Crippen LogP contribution in [0.4, 0.5) is 13.2 Å². The molecule has 2 aromatic carbocycles. The van der Waals surface area contributed by atoms with Gasteiger partial charge in [0.1, 0.15) is 17.5 Å². The van der Waals surface area contributed by atoms with Crippen LogP contribution in [0, 0.1) is 0 Å². The van der Waals surface area contributed by atoms with Crippen molar-refractivity contribution in [1.82, 2.24) is 10.2 Å². The minimum absolute atomic E-state index is 0.215. The van der Waals surface area contributed by atoms with Crippen molar-refractivity contribution in [3.63, 3.8) is 0 Å². The summed E-state index contributed by atoms with van der Waals surface area (Å²) in [5.41, 5.74) is 0.215. The van der Waals surface area contributed by atoms with Gasteiger partial charge in [0, 0.05) is 18.5 Å². The number of nitrogens with one attached hydrogen (secondary N) is 1. The number of halogens is 3. The molecule has 0 bridgehead atoms. The van der Waals surface area contributed by atoms with Crippen LogP contribution in [0.5, 0.6) is 11.5 Å². The van der Waals surface area contributed by atoms with E-state index in [-0.39, 0.29) is 5.56 Å². The van der Waals surface area contributed by atoms with Crippen LogP contribution in [0.3, 0.4) is 0 Å². The number of nitrogens with zero attached hydrogens (tertiary/aromatic N) is 1. The maximum atomic E-state index is 12.4. The third-order valence-electron chi connectivity index (χ3n) is 4.66. The number of likely N-dealkylation sites (tertiary alicyclic amines) is 1. The van der Waals surface area contributed by atoms with Crippen molar-refractivity contribution < 1.29 is 42.1 Å². The first-order chi connectivity index (χ1) is 15.1. The van der Waals surface area contributed by atoms with Gasteiger partial charge in [-0.1, -0.05) is 18.2 Å². The lowest BCUT2D eigenvalue weighted by Gasteiger charge is -2.21. The van der Waals surface area contributed by atoms with Crippen molar-refractivity contribution in [2.75, 3.05) is 13.1 Å². The van der Waals surface area contributed by atoms with Gasteiger partial charge in [0.05, 0.1) is 12.6 Å². The molecule has 0 saturated carbocycles. The fourth-order valence-corrected chi connectivity index (χ4v) is 3.24. The van der Waals surface area contributed by atoms with Gasteiger partial charge in [-0.25, -0.2) is 4.79 Å². The lowest BCUT2D eigenvalue weighted by molar-refractivity contribution is -0.340. The van der Waals surface area contributed by atoms with E-state index in [9.17, 15) is 32.7 Å². The summed E-state index contributed by atoms with van der Waals surface area (Å²) in [7, 11) is 0. The Hall–Kier alpha value is -3.60. The van der Waals surface area contributed by atoms with Crippen LogP contribution >= 0.6 is 0 Å². The molecule has 170 valence electrons. The second kappa shape index (κ2) is 9.69. The van der Waals surface area contributed by atoms with E-state index in [4.69, 9.17) is 4.74 Å². The SMILES string of the molecule is O=C(NCC(=O)N1CC(OC(F)(F)F)C[C@@H]1C(=O)O)c1ccc(Oc2ccccc2)cc1. The monoisotopic (exact) mass is 452 g/mol. The highest BCUT2D eigenvalue weighted by atomic mass is 19.4. The van der Waals surface area contributed by atoms with Crippen LogP contribution < -0.4 is 10.1 Å². The number of hydrogen-bond donors (Lipinski definition) is 2. The molecule has 0 radical (unpaired) electrons.